The average Bonchev–Trinajstić information content (AvgIpc) is 2.88. The average molecular weight is 375 g/mol. The first-order valence-corrected chi connectivity index (χ1v) is 8.67. The monoisotopic (exact) mass is 374 g/mol. The molecular formula is C18H16ClFN4O2. The van der Waals surface area contributed by atoms with Crippen LogP contribution in [0.1, 0.15) is 36.3 Å². The molecule has 0 aliphatic heterocycles. The Labute approximate surface area is 153 Å². The Hall–Kier alpha value is -2.67. The van der Waals surface area contributed by atoms with E-state index < -0.39 is 11.9 Å². The van der Waals surface area contributed by atoms with Crippen LogP contribution in [-0.2, 0) is 0 Å². The number of benzene rings is 1. The van der Waals surface area contributed by atoms with E-state index in [0.29, 0.717) is 22.8 Å². The Morgan fingerprint density at radius 2 is 2.15 bits per heavy atom. The smallest absolute Gasteiger partial charge is 0.391 e. The Kier molecular flexibility index (Phi) is 4.24. The van der Waals surface area contributed by atoms with E-state index in [1.807, 2.05) is 0 Å². The number of aromatic nitrogens is 3. The van der Waals surface area contributed by atoms with Crippen molar-refractivity contribution < 1.29 is 13.9 Å². The third kappa shape index (κ3) is 3.22. The third-order valence-electron chi connectivity index (χ3n) is 4.47. The van der Waals surface area contributed by atoms with Gasteiger partial charge >= 0.3 is 6.09 Å². The van der Waals surface area contributed by atoms with Crippen LogP contribution < -0.4 is 10.1 Å². The van der Waals surface area contributed by atoms with Gasteiger partial charge in [-0.3, -0.25) is 5.32 Å². The van der Waals surface area contributed by atoms with E-state index in [-0.39, 0.29) is 11.0 Å². The molecule has 1 N–H and O–H groups in total. The van der Waals surface area contributed by atoms with E-state index >= 15 is 0 Å². The maximum Gasteiger partial charge on any atom is 0.418 e. The second kappa shape index (κ2) is 6.57. The number of ether oxygens (including phenoxy) is 1. The molecule has 2 aromatic heterocycles. The zero-order chi connectivity index (χ0) is 18.3. The van der Waals surface area contributed by atoms with Gasteiger partial charge in [0.2, 0.25) is 5.88 Å². The second-order valence-electron chi connectivity index (χ2n) is 6.41. The van der Waals surface area contributed by atoms with Gasteiger partial charge in [-0.15, -0.1) is 0 Å². The van der Waals surface area contributed by atoms with Gasteiger partial charge in [0.05, 0.1) is 6.20 Å². The first-order valence-electron chi connectivity index (χ1n) is 8.30. The van der Waals surface area contributed by atoms with Crippen LogP contribution in [0.3, 0.4) is 0 Å². The molecule has 1 aliphatic carbocycles. The normalized spacial score (nSPS) is 14.3. The van der Waals surface area contributed by atoms with Gasteiger partial charge in [-0.05, 0) is 49.4 Å². The SMILES string of the molecule is Cc1cc(F)cc(NC(=O)Oc2cc(Cl)nc3c(C4CCC4)cnn23)c1. The van der Waals surface area contributed by atoms with Crippen LogP contribution in [0, 0.1) is 12.7 Å². The minimum atomic E-state index is -0.765. The molecule has 0 radical (unpaired) electrons. The molecule has 6 nitrogen and oxygen atoms in total. The fourth-order valence-electron chi connectivity index (χ4n) is 3.05. The standard InChI is InChI=1S/C18H16ClFN4O2/c1-10-5-12(20)7-13(6-10)22-18(25)26-16-8-15(19)23-17-14(9-21-24(16)17)11-3-2-4-11/h5-9,11H,2-4H2,1H3,(H,22,25). The van der Waals surface area contributed by atoms with Crippen LogP contribution >= 0.6 is 11.6 Å². The minimum Gasteiger partial charge on any atom is -0.391 e. The van der Waals surface area contributed by atoms with E-state index in [0.717, 1.165) is 18.4 Å². The lowest BCUT2D eigenvalue weighted by Crippen LogP contribution is -2.19. The van der Waals surface area contributed by atoms with E-state index in [1.165, 1.54) is 29.1 Å². The highest BCUT2D eigenvalue weighted by atomic mass is 35.5. The summed E-state index contributed by atoms with van der Waals surface area (Å²) in [4.78, 5) is 16.5. The maximum absolute atomic E-state index is 13.5. The van der Waals surface area contributed by atoms with Crippen LogP contribution in [0.2, 0.25) is 5.15 Å². The first kappa shape index (κ1) is 16.8. The molecule has 0 unspecified atom stereocenters. The summed E-state index contributed by atoms with van der Waals surface area (Å²) in [6.07, 6.45) is 4.33. The lowest BCUT2D eigenvalue weighted by Gasteiger charge is -2.24. The molecule has 0 bridgehead atoms. The minimum absolute atomic E-state index is 0.149. The number of nitrogens with zero attached hydrogens (tertiary/aromatic N) is 3. The molecule has 1 fully saturated rings. The molecule has 1 amide bonds. The number of hydrogen-bond donors (Lipinski definition) is 1. The first-order chi connectivity index (χ1) is 12.5. The van der Waals surface area contributed by atoms with Crippen molar-refractivity contribution in [1.29, 1.82) is 0 Å². The van der Waals surface area contributed by atoms with Crippen LogP contribution in [0.15, 0.2) is 30.5 Å². The van der Waals surface area contributed by atoms with Crippen LogP contribution in [-0.4, -0.2) is 20.7 Å². The van der Waals surface area contributed by atoms with E-state index in [4.69, 9.17) is 16.3 Å². The number of halogens is 2. The summed E-state index contributed by atoms with van der Waals surface area (Å²) in [5, 5.41) is 6.99. The molecule has 4 rings (SSSR count). The van der Waals surface area contributed by atoms with Crippen LogP contribution in [0.25, 0.3) is 5.65 Å². The van der Waals surface area contributed by atoms with Crippen molar-refractivity contribution in [3.8, 4) is 5.88 Å². The third-order valence-corrected chi connectivity index (χ3v) is 4.66. The number of hydrogen-bond acceptors (Lipinski definition) is 4. The zero-order valence-electron chi connectivity index (χ0n) is 14.0. The van der Waals surface area contributed by atoms with E-state index in [9.17, 15) is 9.18 Å². The molecule has 2 heterocycles. The molecule has 0 saturated heterocycles. The number of anilines is 1. The van der Waals surface area contributed by atoms with Crippen molar-refractivity contribution in [3.05, 3.63) is 52.6 Å². The lowest BCUT2D eigenvalue weighted by molar-refractivity contribution is 0.212. The predicted octanol–water partition coefficient (Wildman–Crippen LogP) is 4.71. The molecular weight excluding hydrogens is 359 g/mol. The topological polar surface area (TPSA) is 68.5 Å². The van der Waals surface area contributed by atoms with E-state index in [2.05, 4.69) is 15.4 Å². The molecule has 0 spiro atoms. The van der Waals surface area contributed by atoms with Gasteiger partial charge < -0.3 is 4.74 Å². The number of amides is 1. The summed E-state index contributed by atoms with van der Waals surface area (Å²) in [6.45, 7) is 1.73. The molecule has 1 saturated carbocycles. The van der Waals surface area contributed by atoms with Gasteiger partial charge in [-0.25, -0.2) is 14.2 Å². The molecule has 3 aromatic rings. The number of carbonyl (C=O) groups is 1. The van der Waals surface area contributed by atoms with Crippen molar-refractivity contribution in [2.24, 2.45) is 0 Å². The van der Waals surface area contributed by atoms with E-state index in [1.54, 1.807) is 19.2 Å². The van der Waals surface area contributed by atoms with Gasteiger partial charge in [0.25, 0.3) is 0 Å². The number of nitrogens with one attached hydrogen (secondary N) is 1. The highest BCUT2D eigenvalue weighted by molar-refractivity contribution is 6.29. The Morgan fingerprint density at radius 3 is 2.85 bits per heavy atom. The number of carbonyl (C=O) groups excluding carboxylic acids is 1. The fourth-order valence-corrected chi connectivity index (χ4v) is 3.22. The van der Waals surface area contributed by atoms with Gasteiger partial charge in [-0.2, -0.15) is 9.61 Å². The maximum atomic E-state index is 13.5. The lowest BCUT2D eigenvalue weighted by atomic mass is 9.81. The number of fused-ring (bicyclic) bond motifs is 1. The van der Waals surface area contributed by atoms with Crippen LogP contribution in [0.4, 0.5) is 14.9 Å². The van der Waals surface area contributed by atoms with Gasteiger partial charge in [0.1, 0.15) is 11.0 Å². The summed E-state index contributed by atoms with van der Waals surface area (Å²) in [5.74, 6) is 0.124. The summed E-state index contributed by atoms with van der Waals surface area (Å²) < 4.78 is 20.2. The second-order valence-corrected chi connectivity index (χ2v) is 6.80. The highest BCUT2D eigenvalue weighted by Gasteiger charge is 2.25. The Balaban J connectivity index is 1.60. The van der Waals surface area contributed by atoms with Crippen molar-refractivity contribution in [2.75, 3.05) is 5.32 Å². The molecule has 8 heteroatoms. The Morgan fingerprint density at radius 1 is 1.35 bits per heavy atom. The molecule has 0 atom stereocenters. The fraction of sp³-hybridized carbons (Fsp3) is 0.278. The summed E-state index contributed by atoms with van der Waals surface area (Å²) in [7, 11) is 0. The largest absolute Gasteiger partial charge is 0.418 e. The number of rotatable bonds is 3. The molecule has 1 aromatic carbocycles. The van der Waals surface area contributed by atoms with Crippen molar-refractivity contribution in [1.82, 2.24) is 14.6 Å². The molecule has 1 aliphatic rings. The summed E-state index contributed by atoms with van der Waals surface area (Å²) >= 11 is 6.09. The van der Waals surface area contributed by atoms with Gasteiger partial charge in [-0.1, -0.05) is 18.0 Å². The Bertz CT molecular complexity index is 980. The molecule has 134 valence electrons. The summed E-state index contributed by atoms with van der Waals surface area (Å²) in [5.41, 5.74) is 2.59. The van der Waals surface area contributed by atoms with Gasteiger partial charge in [0.15, 0.2) is 5.65 Å². The molecule has 26 heavy (non-hydrogen) atoms. The zero-order valence-corrected chi connectivity index (χ0v) is 14.8. The van der Waals surface area contributed by atoms with Gasteiger partial charge in [0, 0.05) is 17.3 Å². The van der Waals surface area contributed by atoms with Crippen molar-refractivity contribution in [2.45, 2.75) is 32.1 Å². The highest BCUT2D eigenvalue weighted by Crippen LogP contribution is 2.38. The van der Waals surface area contributed by atoms with Crippen molar-refractivity contribution in [3.63, 3.8) is 0 Å². The quantitative estimate of drug-likeness (QED) is 0.674. The number of aryl methyl sites for hydroxylation is 1. The predicted molar refractivity (Wildman–Crippen MR) is 95.4 cm³/mol. The summed E-state index contributed by atoms with van der Waals surface area (Å²) in [6, 6.07) is 5.64. The van der Waals surface area contributed by atoms with Crippen LogP contribution in [0.5, 0.6) is 5.88 Å². The van der Waals surface area contributed by atoms with Crippen molar-refractivity contribution >= 4 is 29.0 Å².